The van der Waals surface area contributed by atoms with Crippen LogP contribution in [0.3, 0.4) is 0 Å². The Bertz CT molecular complexity index is 206. The third-order valence-electron chi connectivity index (χ3n) is 1.46. The number of hydrogen-bond donors (Lipinski definition) is 2. The molecule has 11 heavy (non-hydrogen) atoms. The zero-order valence-electron chi connectivity index (χ0n) is 6.45. The first-order valence-electron chi connectivity index (χ1n) is 3.31. The van der Waals surface area contributed by atoms with Crippen molar-refractivity contribution < 1.29 is 0 Å². The largest absolute Gasteiger partial charge is 0.399 e. The average molecular weight is 173 g/mol. The van der Waals surface area contributed by atoms with E-state index in [1.165, 1.54) is 0 Å². The Morgan fingerprint density at radius 3 is 2.00 bits per heavy atom. The van der Waals surface area contributed by atoms with Crippen molar-refractivity contribution >= 4 is 18.1 Å². The topological polar surface area (TPSA) is 52.0 Å². The second-order valence-electron chi connectivity index (χ2n) is 2.46. The molecule has 1 rings (SSSR count). The highest BCUT2D eigenvalue weighted by atomic mass is 35.5. The van der Waals surface area contributed by atoms with Crippen molar-refractivity contribution in [3.63, 3.8) is 0 Å². The van der Waals surface area contributed by atoms with Gasteiger partial charge < -0.3 is 11.5 Å². The molecule has 1 atom stereocenters. The first kappa shape index (κ1) is 10.3. The molecule has 2 nitrogen and oxygen atoms in total. The van der Waals surface area contributed by atoms with Gasteiger partial charge in [0, 0.05) is 11.7 Å². The molecule has 0 unspecified atom stereocenters. The van der Waals surface area contributed by atoms with Crippen LogP contribution >= 0.6 is 12.4 Å². The summed E-state index contributed by atoms with van der Waals surface area (Å²) >= 11 is 0. The molecule has 62 valence electrons. The molecule has 0 amide bonds. The first-order chi connectivity index (χ1) is 4.70. The number of nitrogens with two attached hydrogens (primary N) is 2. The minimum atomic E-state index is 0. The fraction of sp³-hybridized carbons (Fsp3) is 0.250. The van der Waals surface area contributed by atoms with Gasteiger partial charge in [-0.05, 0) is 24.6 Å². The normalized spacial score (nSPS) is 11.8. The second kappa shape index (κ2) is 4.21. The standard InChI is InChI=1S/C8H12N2.ClH/c1-6(9)7-2-4-8(10)5-3-7;/h2-6H,9-10H2,1H3;1H/t6-;/m1./s1. The lowest BCUT2D eigenvalue weighted by atomic mass is 10.1. The van der Waals surface area contributed by atoms with Crippen molar-refractivity contribution in [3.05, 3.63) is 29.8 Å². The van der Waals surface area contributed by atoms with Gasteiger partial charge in [-0.25, -0.2) is 0 Å². The molecule has 0 aromatic heterocycles. The van der Waals surface area contributed by atoms with Crippen LogP contribution in [0.15, 0.2) is 24.3 Å². The molecule has 1 aromatic carbocycles. The summed E-state index contributed by atoms with van der Waals surface area (Å²) in [6.07, 6.45) is 0. The molecule has 3 heteroatoms. The zero-order chi connectivity index (χ0) is 7.56. The lowest BCUT2D eigenvalue weighted by Gasteiger charge is -2.03. The van der Waals surface area contributed by atoms with E-state index in [-0.39, 0.29) is 18.4 Å². The monoisotopic (exact) mass is 172 g/mol. The van der Waals surface area contributed by atoms with E-state index in [4.69, 9.17) is 11.5 Å². The van der Waals surface area contributed by atoms with E-state index in [9.17, 15) is 0 Å². The van der Waals surface area contributed by atoms with E-state index in [0.717, 1.165) is 11.3 Å². The molecule has 0 bridgehead atoms. The molecular formula is C8H13ClN2. The van der Waals surface area contributed by atoms with Gasteiger partial charge in [0.2, 0.25) is 0 Å². The third-order valence-corrected chi connectivity index (χ3v) is 1.46. The van der Waals surface area contributed by atoms with Gasteiger partial charge in [-0.3, -0.25) is 0 Å². The zero-order valence-corrected chi connectivity index (χ0v) is 7.27. The Kier molecular flexibility index (Phi) is 3.93. The molecule has 1 aromatic rings. The van der Waals surface area contributed by atoms with E-state index >= 15 is 0 Å². The Labute approximate surface area is 73.0 Å². The van der Waals surface area contributed by atoms with Crippen LogP contribution in [0.25, 0.3) is 0 Å². The number of hydrogen-bond acceptors (Lipinski definition) is 2. The van der Waals surface area contributed by atoms with Crippen LogP contribution in [0, 0.1) is 0 Å². The maximum atomic E-state index is 5.62. The fourth-order valence-corrected chi connectivity index (χ4v) is 0.800. The molecule has 0 aliphatic carbocycles. The molecule has 0 saturated carbocycles. The molecule has 0 fully saturated rings. The molecular weight excluding hydrogens is 160 g/mol. The summed E-state index contributed by atoms with van der Waals surface area (Å²) in [6.45, 7) is 1.95. The summed E-state index contributed by atoms with van der Waals surface area (Å²) in [5, 5.41) is 0. The molecule has 0 saturated heterocycles. The van der Waals surface area contributed by atoms with Crippen LogP contribution in [0.5, 0.6) is 0 Å². The van der Waals surface area contributed by atoms with E-state index in [2.05, 4.69) is 0 Å². The van der Waals surface area contributed by atoms with E-state index in [1.807, 2.05) is 31.2 Å². The lowest BCUT2D eigenvalue weighted by molar-refractivity contribution is 0.818. The number of benzene rings is 1. The van der Waals surface area contributed by atoms with E-state index in [0.29, 0.717) is 0 Å². The van der Waals surface area contributed by atoms with Crippen molar-refractivity contribution in [3.8, 4) is 0 Å². The average Bonchev–Trinajstić information content (AvgIpc) is 1.88. The highest BCUT2D eigenvalue weighted by Crippen LogP contribution is 2.10. The smallest absolute Gasteiger partial charge is 0.0314 e. The third kappa shape index (κ3) is 2.78. The predicted molar refractivity (Wildman–Crippen MR) is 50.7 cm³/mol. The second-order valence-corrected chi connectivity index (χ2v) is 2.46. The molecule has 0 aliphatic heterocycles. The van der Waals surface area contributed by atoms with Gasteiger partial charge >= 0.3 is 0 Å². The SMILES string of the molecule is C[C@@H](N)c1ccc(N)cc1.Cl. The first-order valence-corrected chi connectivity index (χ1v) is 3.31. The summed E-state index contributed by atoms with van der Waals surface area (Å²) in [5.41, 5.74) is 13.0. The summed E-state index contributed by atoms with van der Waals surface area (Å²) in [7, 11) is 0. The summed E-state index contributed by atoms with van der Waals surface area (Å²) < 4.78 is 0. The predicted octanol–water partition coefficient (Wildman–Crippen LogP) is 1.71. The molecule has 0 spiro atoms. The molecule has 0 heterocycles. The lowest BCUT2D eigenvalue weighted by Crippen LogP contribution is -2.04. The Morgan fingerprint density at radius 1 is 1.18 bits per heavy atom. The number of rotatable bonds is 1. The van der Waals surface area contributed by atoms with Crippen molar-refractivity contribution in [1.29, 1.82) is 0 Å². The van der Waals surface area contributed by atoms with Gasteiger partial charge in [0.1, 0.15) is 0 Å². The number of nitrogen functional groups attached to an aromatic ring is 1. The van der Waals surface area contributed by atoms with Crippen LogP contribution < -0.4 is 11.5 Å². The maximum absolute atomic E-state index is 5.62. The van der Waals surface area contributed by atoms with Crippen molar-refractivity contribution in [2.24, 2.45) is 5.73 Å². The summed E-state index contributed by atoms with van der Waals surface area (Å²) in [6, 6.07) is 7.71. The van der Waals surface area contributed by atoms with Crippen molar-refractivity contribution in [2.75, 3.05) is 5.73 Å². The molecule has 0 aliphatic rings. The van der Waals surface area contributed by atoms with Crippen LogP contribution in [0.4, 0.5) is 5.69 Å². The maximum Gasteiger partial charge on any atom is 0.0314 e. The highest BCUT2D eigenvalue weighted by Gasteiger charge is 1.95. The Morgan fingerprint density at radius 2 is 1.64 bits per heavy atom. The van der Waals surface area contributed by atoms with Crippen molar-refractivity contribution in [2.45, 2.75) is 13.0 Å². The van der Waals surface area contributed by atoms with Crippen LogP contribution in [0.1, 0.15) is 18.5 Å². The van der Waals surface area contributed by atoms with Crippen molar-refractivity contribution in [1.82, 2.24) is 0 Å². The van der Waals surface area contributed by atoms with E-state index in [1.54, 1.807) is 0 Å². The van der Waals surface area contributed by atoms with Gasteiger partial charge in [0.25, 0.3) is 0 Å². The van der Waals surface area contributed by atoms with Crippen LogP contribution in [0.2, 0.25) is 0 Å². The highest BCUT2D eigenvalue weighted by molar-refractivity contribution is 5.85. The Balaban J connectivity index is 0.000001000. The quantitative estimate of drug-likeness (QED) is 0.634. The van der Waals surface area contributed by atoms with Gasteiger partial charge in [-0.2, -0.15) is 0 Å². The summed E-state index contributed by atoms with van der Waals surface area (Å²) in [4.78, 5) is 0. The van der Waals surface area contributed by atoms with Crippen LogP contribution in [-0.4, -0.2) is 0 Å². The summed E-state index contributed by atoms with van der Waals surface area (Å²) in [5.74, 6) is 0. The van der Waals surface area contributed by atoms with Gasteiger partial charge in [-0.15, -0.1) is 12.4 Å². The minimum absolute atomic E-state index is 0. The van der Waals surface area contributed by atoms with Crippen LogP contribution in [-0.2, 0) is 0 Å². The number of halogens is 1. The fourth-order valence-electron chi connectivity index (χ4n) is 0.800. The molecule has 0 radical (unpaired) electrons. The number of anilines is 1. The van der Waals surface area contributed by atoms with Gasteiger partial charge in [0.05, 0.1) is 0 Å². The minimum Gasteiger partial charge on any atom is -0.399 e. The van der Waals surface area contributed by atoms with Gasteiger partial charge in [-0.1, -0.05) is 12.1 Å². The molecule has 4 N–H and O–H groups in total. The Hall–Kier alpha value is -0.730. The van der Waals surface area contributed by atoms with E-state index < -0.39 is 0 Å². The van der Waals surface area contributed by atoms with Gasteiger partial charge in [0.15, 0.2) is 0 Å².